The maximum Gasteiger partial charge on any atom is 0.00840 e. The lowest BCUT2D eigenvalue weighted by atomic mass is 10.1. The van der Waals surface area contributed by atoms with Gasteiger partial charge in [-0.25, -0.2) is 0 Å². The minimum atomic E-state index is 1.20. The van der Waals surface area contributed by atoms with E-state index in [0.29, 0.717) is 0 Å². The molecule has 0 fully saturated rings. The van der Waals surface area contributed by atoms with Crippen molar-refractivity contribution in [1.82, 2.24) is 4.98 Å². The summed E-state index contributed by atoms with van der Waals surface area (Å²) in [6.07, 6.45) is 11.7. The van der Waals surface area contributed by atoms with Gasteiger partial charge in [-0.1, -0.05) is 30.9 Å². The van der Waals surface area contributed by atoms with E-state index < -0.39 is 0 Å². The van der Waals surface area contributed by atoms with Crippen molar-refractivity contribution in [3.8, 4) is 0 Å². The summed E-state index contributed by atoms with van der Waals surface area (Å²) in [7, 11) is 0. The molecule has 62 valence electrons. The van der Waals surface area contributed by atoms with Crippen LogP contribution in [0.4, 0.5) is 0 Å². The molecule has 0 atom stereocenters. The van der Waals surface area contributed by atoms with E-state index >= 15 is 0 Å². The van der Waals surface area contributed by atoms with Crippen LogP contribution in [0.25, 0.3) is 5.57 Å². The van der Waals surface area contributed by atoms with E-state index in [9.17, 15) is 0 Å². The van der Waals surface area contributed by atoms with Crippen molar-refractivity contribution in [2.75, 3.05) is 0 Å². The summed E-state index contributed by atoms with van der Waals surface area (Å²) >= 11 is 0. The molecule has 1 aromatic heterocycles. The molecule has 1 rings (SSSR count). The fraction of sp³-hybridized carbons (Fsp3) is 0.0909. The summed E-state index contributed by atoms with van der Waals surface area (Å²) in [5, 5.41) is 0. The third-order valence-corrected chi connectivity index (χ3v) is 1.65. The molecule has 0 aliphatic heterocycles. The largest absolute Gasteiger partial charge is 0.367 e. The first kappa shape index (κ1) is 8.60. The Morgan fingerprint density at radius 3 is 2.92 bits per heavy atom. The Morgan fingerprint density at radius 1 is 1.58 bits per heavy atom. The molecule has 0 radical (unpaired) electrons. The van der Waals surface area contributed by atoms with Crippen LogP contribution < -0.4 is 0 Å². The van der Waals surface area contributed by atoms with Gasteiger partial charge in [0.2, 0.25) is 0 Å². The average Bonchev–Trinajstić information content (AvgIpc) is 2.59. The standard InChI is InChI=1S/C11H13N/c1-3-5-6-10(4-2)11-7-8-12-9-11/h3-9,12H,1H2,2H3/b6-5-,10-4+. The smallest absolute Gasteiger partial charge is 0.00840 e. The second-order valence-corrected chi connectivity index (χ2v) is 2.44. The summed E-state index contributed by atoms with van der Waals surface area (Å²) in [6.45, 7) is 5.65. The van der Waals surface area contributed by atoms with Gasteiger partial charge in [0.05, 0.1) is 0 Å². The summed E-state index contributed by atoms with van der Waals surface area (Å²) < 4.78 is 0. The maximum atomic E-state index is 3.63. The number of rotatable bonds is 3. The van der Waals surface area contributed by atoms with Crippen molar-refractivity contribution in [3.05, 3.63) is 54.9 Å². The Morgan fingerprint density at radius 2 is 2.42 bits per heavy atom. The number of nitrogens with one attached hydrogen (secondary N) is 1. The van der Waals surface area contributed by atoms with Crippen molar-refractivity contribution in [2.24, 2.45) is 0 Å². The molecule has 12 heavy (non-hydrogen) atoms. The normalized spacial score (nSPS) is 12.2. The second kappa shape index (κ2) is 4.39. The van der Waals surface area contributed by atoms with Crippen molar-refractivity contribution in [2.45, 2.75) is 6.92 Å². The van der Waals surface area contributed by atoms with Crippen molar-refractivity contribution in [3.63, 3.8) is 0 Å². The lowest BCUT2D eigenvalue weighted by Crippen LogP contribution is -1.73. The number of allylic oxidation sites excluding steroid dienone is 5. The molecule has 1 heteroatoms. The molecule has 1 nitrogen and oxygen atoms in total. The van der Waals surface area contributed by atoms with Crippen LogP contribution in [0.2, 0.25) is 0 Å². The molecule has 1 aromatic rings. The van der Waals surface area contributed by atoms with Crippen LogP contribution in [0, 0.1) is 0 Å². The van der Waals surface area contributed by atoms with Gasteiger partial charge >= 0.3 is 0 Å². The van der Waals surface area contributed by atoms with E-state index in [1.54, 1.807) is 6.08 Å². The summed E-state index contributed by atoms with van der Waals surface area (Å²) in [6, 6.07) is 2.04. The molecule has 0 amide bonds. The Kier molecular flexibility index (Phi) is 3.15. The highest BCUT2D eigenvalue weighted by Gasteiger charge is 1.94. The van der Waals surface area contributed by atoms with Gasteiger partial charge in [0.1, 0.15) is 0 Å². The second-order valence-electron chi connectivity index (χ2n) is 2.44. The Hall–Kier alpha value is -1.50. The molecular weight excluding hydrogens is 146 g/mol. The Labute approximate surface area is 73.1 Å². The van der Waals surface area contributed by atoms with E-state index in [2.05, 4.69) is 17.6 Å². The first-order valence-electron chi connectivity index (χ1n) is 3.97. The lowest BCUT2D eigenvalue weighted by molar-refractivity contribution is 1.41. The van der Waals surface area contributed by atoms with Crippen LogP contribution in [0.3, 0.4) is 0 Å². The highest BCUT2D eigenvalue weighted by Crippen LogP contribution is 2.14. The molecule has 0 saturated heterocycles. The molecular formula is C11H13N. The maximum absolute atomic E-state index is 3.63. The zero-order valence-corrected chi connectivity index (χ0v) is 7.25. The highest BCUT2D eigenvalue weighted by atomic mass is 14.6. The summed E-state index contributed by atoms with van der Waals surface area (Å²) in [4.78, 5) is 3.02. The summed E-state index contributed by atoms with van der Waals surface area (Å²) in [5.74, 6) is 0. The van der Waals surface area contributed by atoms with Crippen LogP contribution in [-0.2, 0) is 0 Å². The number of hydrogen-bond acceptors (Lipinski definition) is 0. The van der Waals surface area contributed by atoms with Gasteiger partial charge in [0.15, 0.2) is 0 Å². The molecule has 0 aliphatic carbocycles. The van der Waals surface area contributed by atoms with Gasteiger partial charge in [0.25, 0.3) is 0 Å². The number of aromatic nitrogens is 1. The SMILES string of the molecule is C=C/C=C\C(=C/C)c1cc[nH]c1. The van der Waals surface area contributed by atoms with Crippen molar-refractivity contribution in [1.29, 1.82) is 0 Å². The Bertz CT molecular complexity index is 289. The topological polar surface area (TPSA) is 15.8 Å². The monoisotopic (exact) mass is 159 g/mol. The fourth-order valence-electron chi connectivity index (χ4n) is 1.03. The van der Waals surface area contributed by atoms with Crippen LogP contribution in [0.5, 0.6) is 0 Å². The highest BCUT2D eigenvalue weighted by molar-refractivity contribution is 5.73. The first-order chi connectivity index (χ1) is 5.88. The number of hydrogen-bond donors (Lipinski definition) is 1. The molecule has 0 aliphatic rings. The molecule has 0 aromatic carbocycles. The number of H-pyrrole nitrogens is 1. The Balaban J connectivity index is 2.85. The minimum Gasteiger partial charge on any atom is -0.367 e. The predicted molar refractivity (Wildman–Crippen MR) is 53.8 cm³/mol. The molecule has 0 unspecified atom stereocenters. The minimum absolute atomic E-state index is 1.20. The third kappa shape index (κ3) is 1.99. The lowest BCUT2D eigenvalue weighted by Gasteiger charge is -1.94. The van der Waals surface area contributed by atoms with Crippen LogP contribution in [-0.4, -0.2) is 4.98 Å². The molecule has 0 bridgehead atoms. The van der Waals surface area contributed by atoms with E-state index in [-0.39, 0.29) is 0 Å². The van der Waals surface area contributed by atoms with Gasteiger partial charge in [-0.05, 0) is 24.1 Å². The molecule has 1 heterocycles. The van der Waals surface area contributed by atoms with Gasteiger partial charge in [-0.3, -0.25) is 0 Å². The van der Waals surface area contributed by atoms with Crippen LogP contribution in [0.1, 0.15) is 12.5 Å². The van der Waals surface area contributed by atoms with Crippen molar-refractivity contribution < 1.29 is 0 Å². The third-order valence-electron chi connectivity index (χ3n) is 1.65. The van der Waals surface area contributed by atoms with Gasteiger partial charge in [-0.2, -0.15) is 0 Å². The van der Waals surface area contributed by atoms with Crippen LogP contribution in [0.15, 0.2) is 49.3 Å². The van der Waals surface area contributed by atoms with E-state index in [1.807, 2.05) is 37.5 Å². The van der Waals surface area contributed by atoms with Gasteiger partial charge in [-0.15, -0.1) is 0 Å². The fourth-order valence-corrected chi connectivity index (χ4v) is 1.03. The van der Waals surface area contributed by atoms with Gasteiger partial charge in [0, 0.05) is 12.4 Å². The van der Waals surface area contributed by atoms with Crippen LogP contribution >= 0.6 is 0 Å². The zero-order chi connectivity index (χ0) is 8.81. The average molecular weight is 159 g/mol. The predicted octanol–water partition coefficient (Wildman–Crippen LogP) is 3.16. The number of aromatic amines is 1. The van der Waals surface area contributed by atoms with Gasteiger partial charge < -0.3 is 4.98 Å². The summed E-state index contributed by atoms with van der Waals surface area (Å²) in [5.41, 5.74) is 2.41. The van der Waals surface area contributed by atoms with E-state index in [1.165, 1.54) is 11.1 Å². The van der Waals surface area contributed by atoms with E-state index in [0.717, 1.165) is 0 Å². The quantitative estimate of drug-likeness (QED) is 0.652. The molecule has 0 saturated carbocycles. The molecule has 1 N–H and O–H groups in total. The van der Waals surface area contributed by atoms with E-state index in [4.69, 9.17) is 0 Å². The molecule has 0 spiro atoms. The zero-order valence-electron chi connectivity index (χ0n) is 7.25. The first-order valence-corrected chi connectivity index (χ1v) is 3.97. The van der Waals surface area contributed by atoms with Crippen molar-refractivity contribution >= 4 is 5.57 Å².